The van der Waals surface area contributed by atoms with Crippen LogP contribution in [0.2, 0.25) is 5.02 Å². The van der Waals surface area contributed by atoms with Gasteiger partial charge in [0.25, 0.3) is 5.56 Å². The van der Waals surface area contributed by atoms with E-state index >= 15 is 0 Å². The number of aromatic nitrogens is 2. The molecule has 0 unspecified atom stereocenters. The van der Waals surface area contributed by atoms with E-state index in [4.69, 9.17) is 16.3 Å². The number of allylic oxidation sites excluding steroid dienone is 6. The zero-order valence-corrected chi connectivity index (χ0v) is 27.4. The van der Waals surface area contributed by atoms with E-state index in [1.165, 1.54) is 11.5 Å². The Morgan fingerprint density at radius 1 is 1.24 bits per heavy atom. The van der Waals surface area contributed by atoms with Crippen LogP contribution in [0.15, 0.2) is 88.5 Å². The summed E-state index contributed by atoms with van der Waals surface area (Å²) in [4.78, 5) is 22.4. The molecule has 0 aliphatic rings. The molecule has 0 N–H and O–H groups in total. The fourth-order valence-electron chi connectivity index (χ4n) is 3.12. The fraction of sp³-hybridized carbons (Fsp3) is 0.241. The molecule has 2 rings (SSSR count). The number of nitrogens with zero attached hydrogens (tertiary/aromatic N) is 3. The van der Waals surface area contributed by atoms with E-state index in [0.717, 1.165) is 17.6 Å². The largest absolute Gasteiger partial charge is 0.487 e. The average molecular weight is 765 g/mol. The van der Waals surface area contributed by atoms with Gasteiger partial charge in [0.05, 0.1) is 17.1 Å². The van der Waals surface area contributed by atoms with Crippen molar-refractivity contribution in [1.82, 2.24) is 9.55 Å². The molecule has 0 fully saturated rings. The summed E-state index contributed by atoms with van der Waals surface area (Å²) in [5.74, 6) is -0.575. The molecule has 9 heteroatoms. The first kappa shape index (κ1) is 33.4. The van der Waals surface area contributed by atoms with E-state index in [-0.39, 0.29) is 54.1 Å². The van der Waals surface area contributed by atoms with Crippen molar-refractivity contribution in [3.05, 3.63) is 117 Å². The van der Waals surface area contributed by atoms with Crippen LogP contribution < -0.4 is 10.3 Å². The van der Waals surface area contributed by atoms with Gasteiger partial charge < -0.3 is 4.74 Å². The van der Waals surface area contributed by atoms with E-state index in [1.54, 1.807) is 25.3 Å². The molecule has 0 saturated carbocycles. The summed E-state index contributed by atoms with van der Waals surface area (Å²) in [6.45, 7) is 17.9. The van der Waals surface area contributed by atoms with Crippen molar-refractivity contribution in [3.63, 3.8) is 0 Å². The van der Waals surface area contributed by atoms with Crippen molar-refractivity contribution in [3.8, 4) is 11.4 Å². The monoisotopic (exact) mass is 764 g/mol. The summed E-state index contributed by atoms with van der Waals surface area (Å²) in [7, 11) is 0. The molecule has 38 heavy (non-hydrogen) atoms. The summed E-state index contributed by atoms with van der Waals surface area (Å²) in [5.41, 5.74) is 2.98. The number of hydrogen-bond donors (Lipinski definition) is 0. The smallest absolute Gasteiger partial charge is 0.277 e. The Balaban J connectivity index is 0.00000722. The Morgan fingerprint density at radius 2 is 1.89 bits per heavy atom. The molecule has 0 spiro atoms. The minimum Gasteiger partial charge on any atom is -0.487 e. The molecule has 0 radical (unpaired) electrons. The number of halogens is 3. The van der Waals surface area contributed by atoms with E-state index in [9.17, 15) is 13.6 Å². The predicted molar refractivity (Wildman–Crippen MR) is 148 cm³/mol. The summed E-state index contributed by atoms with van der Waals surface area (Å²) in [6.07, 6.45) is 7.14. The molecule has 0 aliphatic heterocycles. The van der Waals surface area contributed by atoms with Crippen LogP contribution in [0.5, 0.6) is 5.75 Å². The van der Waals surface area contributed by atoms with Gasteiger partial charge in [-0.15, -0.1) is 19.5 Å². The molecule has 2 heterocycles. The van der Waals surface area contributed by atoms with E-state index in [1.807, 2.05) is 39.8 Å². The quantitative estimate of drug-likeness (QED) is 0.142. The van der Waals surface area contributed by atoms with Crippen LogP contribution >= 0.6 is 11.6 Å². The summed E-state index contributed by atoms with van der Waals surface area (Å²) >= 11 is 6.37. The van der Waals surface area contributed by atoms with E-state index in [2.05, 4.69) is 23.1 Å². The zero-order chi connectivity index (χ0) is 27.9. The second-order valence-electron chi connectivity index (χ2n) is 8.46. The first-order valence-electron chi connectivity index (χ1n) is 11.5. The maximum absolute atomic E-state index is 14.1. The minimum absolute atomic E-state index is 0. The van der Waals surface area contributed by atoms with Crippen LogP contribution in [0.3, 0.4) is 0 Å². The maximum Gasteiger partial charge on any atom is 0.277 e. The van der Waals surface area contributed by atoms with Gasteiger partial charge in [0.1, 0.15) is 29.0 Å². The Hall–Kier alpha value is -2.66. The molecule has 0 amide bonds. The van der Waals surface area contributed by atoms with Gasteiger partial charge in [-0.1, -0.05) is 30.3 Å². The van der Waals surface area contributed by atoms with Gasteiger partial charge in [0.15, 0.2) is 0 Å². The minimum atomic E-state index is -0.867. The first-order valence-corrected chi connectivity index (χ1v) is 11.9. The molecule has 0 aromatic carbocycles. The molecule has 0 bridgehead atoms. The van der Waals surface area contributed by atoms with Crippen LogP contribution in [0.4, 0.5) is 8.78 Å². The van der Waals surface area contributed by atoms with Crippen LogP contribution in [-0.4, -0.2) is 21.9 Å². The third kappa shape index (κ3) is 8.42. The summed E-state index contributed by atoms with van der Waals surface area (Å²) < 4.78 is 34.4. The van der Waals surface area contributed by atoms with Crippen molar-refractivity contribution in [2.24, 2.45) is 4.99 Å². The molecule has 5 nitrogen and oxygen atoms in total. The Bertz CT molecular complexity index is 1390. The molecule has 2 aromatic heterocycles. The first-order chi connectivity index (χ1) is 17.4. The van der Waals surface area contributed by atoms with Crippen LogP contribution in [0, 0.1) is 50.9 Å². The maximum atomic E-state index is 14.1. The summed E-state index contributed by atoms with van der Waals surface area (Å²) in [5, 5.41) is -0.188. The SMILES string of the molecule is C=C(COc1cc(C)n(-c2cc(C(/C=C\C)=NC(=C)[C-](C)C)ncc2C)c(=O)c1Cl)/C(F)=C\C(F)=C/C.[U]. The van der Waals surface area contributed by atoms with E-state index < -0.39 is 17.2 Å². The third-order valence-corrected chi connectivity index (χ3v) is 5.66. The Labute approximate surface area is 251 Å². The van der Waals surface area contributed by atoms with Crippen LogP contribution in [-0.2, 0) is 0 Å². The van der Waals surface area contributed by atoms with Crippen LogP contribution in [0.1, 0.15) is 44.6 Å². The fourth-order valence-corrected chi connectivity index (χ4v) is 3.31. The average Bonchev–Trinajstić information content (AvgIpc) is 2.85. The topological polar surface area (TPSA) is 56.5 Å². The third-order valence-electron chi connectivity index (χ3n) is 5.32. The molecule has 2 aromatic rings. The van der Waals surface area contributed by atoms with Gasteiger partial charge >= 0.3 is 0 Å². The van der Waals surface area contributed by atoms with Crippen molar-refractivity contribution < 1.29 is 44.6 Å². The molecule has 0 atom stereocenters. The number of pyridine rings is 2. The number of aliphatic imine (C=N–C) groups is 1. The standard InChI is InChI=1S/C29H31ClF2N3O2.U/c1-9-11-24(34-21(8)17(3)4)25-14-26(18(5)15-33-25)35-20(7)12-27(28(30)29(35)36)37-16-19(6)23(32)13-22(31)10-2;/h9-15H,6,8,16H2,1-5,7H3;/q-1;/b11-9-,22-10+,23-13+,34-24?;. The van der Waals surface area contributed by atoms with Gasteiger partial charge in [-0.25, -0.2) is 15.4 Å². The molecular weight excluding hydrogens is 734 g/mol. The molecular formula is C29H31ClF2N3O2U-. The van der Waals surface area contributed by atoms with Crippen LogP contribution in [0.25, 0.3) is 5.69 Å². The number of rotatable bonds is 10. The Kier molecular flexibility index (Phi) is 13.2. The zero-order valence-electron chi connectivity index (χ0n) is 22.5. The number of ether oxygens (including phenoxy) is 1. The normalized spacial score (nSPS) is 12.4. The summed E-state index contributed by atoms with van der Waals surface area (Å²) in [6, 6.07) is 3.33. The van der Waals surface area contributed by atoms with Crippen molar-refractivity contribution >= 4 is 17.3 Å². The number of hydrogen-bond acceptors (Lipinski definition) is 4. The van der Waals surface area contributed by atoms with Gasteiger partial charge in [-0.3, -0.25) is 19.3 Å². The second-order valence-corrected chi connectivity index (χ2v) is 8.84. The van der Waals surface area contributed by atoms with Crippen molar-refractivity contribution in [2.45, 2.75) is 41.5 Å². The second kappa shape index (κ2) is 15.1. The van der Waals surface area contributed by atoms with Gasteiger partial charge in [-0.05, 0) is 45.4 Å². The van der Waals surface area contributed by atoms with Gasteiger partial charge in [-0.2, -0.15) is 5.92 Å². The van der Waals surface area contributed by atoms with Gasteiger partial charge in [0.2, 0.25) is 0 Å². The Morgan fingerprint density at radius 3 is 2.47 bits per heavy atom. The van der Waals surface area contributed by atoms with Crippen molar-refractivity contribution in [1.29, 1.82) is 0 Å². The predicted octanol–water partition coefficient (Wildman–Crippen LogP) is 7.66. The van der Waals surface area contributed by atoms with Gasteiger partial charge in [0, 0.05) is 60.7 Å². The molecule has 0 saturated heterocycles. The van der Waals surface area contributed by atoms with Crippen molar-refractivity contribution in [2.75, 3.05) is 6.61 Å². The molecule has 0 aliphatic carbocycles. The number of aryl methyl sites for hydroxylation is 2. The van der Waals surface area contributed by atoms with E-state index in [0.29, 0.717) is 34.6 Å². The molecule has 200 valence electrons.